The zero-order valence-corrected chi connectivity index (χ0v) is 18.1. The number of rotatable bonds is 4. The highest BCUT2D eigenvalue weighted by Crippen LogP contribution is 2.71. The van der Waals surface area contributed by atoms with Gasteiger partial charge in [0.25, 0.3) is 0 Å². The van der Waals surface area contributed by atoms with Gasteiger partial charge in [-0.2, -0.15) is 17.6 Å². The Labute approximate surface area is 177 Å². The first-order valence-electron chi connectivity index (χ1n) is 12.1. The van der Waals surface area contributed by atoms with E-state index in [-0.39, 0.29) is 37.7 Å². The van der Waals surface area contributed by atoms with Crippen molar-refractivity contribution in [3.63, 3.8) is 0 Å². The van der Waals surface area contributed by atoms with Gasteiger partial charge in [0.2, 0.25) is 0 Å². The normalized spacial score (nSPS) is 51.8. The largest absolute Gasteiger partial charge is 0.393 e. The molecular weight excluding hydrogens is 396 g/mol. The lowest BCUT2D eigenvalue weighted by Crippen LogP contribution is -2.75. The van der Waals surface area contributed by atoms with Crippen molar-refractivity contribution in [1.82, 2.24) is 0 Å². The van der Waals surface area contributed by atoms with Crippen LogP contribution >= 0.6 is 0 Å². The summed E-state index contributed by atoms with van der Waals surface area (Å²) in [5.74, 6) is -8.63. The van der Waals surface area contributed by atoms with E-state index in [4.69, 9.17) is 4.74 Å². The van der Waals surface area contributed by atoms with Crippen molar-refractivity contribution in [1.29, 1.82) is 0 Å². The van der Waals surface area contributed by atoms with Crippen LogP contribution in [0.15, 0.2) is 0 Å². The van der Waals surface area contributed by atoms with Gasteiger partial charge in [0, 0.05) is 5.41 Å². The summed E-state index contributed by atoms with van der Waals surface area (Å²) in [4.78, 5) is 0. The molecule has 0 unspecified atom stereocenters. The Morgan fingerprint density at radius 2 is 1.27 bits per heavy atom. The van der Waals surface area contributed by atoms with Crippen LogP contribution in [0.3, 0.4) is 0 Å². The Hall–Kier alpha value is -0.360. The van der Waals surface area contributed by atoms with Crippen molar-refractivity contribution in [2.24, 2.45) is 22.2 Å². The third-order valence-electron chi connectivity index (χ3n) is 10.5. The quantitative estimate of drug-likeness (QED) is 0.514. The minimum absolute atomic E-state index is 0.0302. The Kier molecular flexibility index (Phi) is 4.72. The first-order valence-corrected chi connectivity index (χ1v) is 12.1. The summed E-state index contributed by atoms with van der Waals surface area (Å²) in [6.07, 6.45) is 7.70. The summed E-state index contributed by atoms with van der Waals surface area (Å²) in [6, 6.07) is 0. The predicted molar refractivity (Wildman–Crippen MR) is 106 cm³/mol. The number of aliphatic hydroxyl groups is 1. The zero-order chi connectivity index (χ0) is 21.5. The lowest BCUT2D eigenvalue weighted by molar-refractivity contribution is -0.403. The van der Waals surface area contributed by atoms with Crippen LogP contribution < -0.4 is 0 Å². The highest BCUT2D eigenvalue weighted by molar-refractivity contribution is 5.21. The summed E-state index contributed by atoms with van der Waals surface area (Å²) in [6.45, 7) is 2.51. The van der Waals surface area contributed by atoms with Gasteiger partial charge in [0.1, 0.15) is 5.60 Å². The maximum absolute atomic E-state index is 15.6. The van der Waals surface area contributed by atoms with E-state index in [2.05, 4.69) is 6.92 Å². The van der Waals surface area contributed by atoms with Crippen molar-refractivity contribution in [2.75, 3.05) is 6.61 Å². The third-order valence-corrected chi connectivity index (χ3v) is 10.5. The second kappa shape index (κ2) is 6.59. The fourth-order valence-electron chi connectivity index (χ4n) is 7.81. The molecule has 7 aliphatic rings. The molecule has 0 amide bonds. The van der Waals surface area contributed by atoms with E-state index in [0.29, 0.717) is 31.1 Å². The molecule has 2 nitrogen and oxygen atoms in total. The number of ether oxygens (including phenoxy) is 1. The first kappa shape index (κ1) is 21.5. The molecular formula is C24H36F4O2. The van der Waals surface area contributed by atoms with Crippen LogP contribution in [0.25, 0.3) is 0 Å². The molecule has 0 radical (unpaired) electrons. The molecule has 0 aromatic rings. The van der Waals surface area contributed by atoms with E-state index < -0.39 is 34.9 Å². The predicted octanol–water partition coefficient (Wildman–Crippen LogP) is 6.50. The maximum Gasteiger partial charge on any atom is 0.338 e. The second-order valence-electron chi connectivity index (χ2n) is 11.9. The monoisotopic (exact) mass is 432 g/mol. The number of aliphatic hydroxyl groups excluding tert-OH is 1. The van der Waals surface area contributed by atoms with Crippen LogP contribution in [0.1, 0.15) is 96.8 Å². The molecule has 1 N–H and O–H groups in total. The van der Waals surface area contributed by atoms with Gasteiger partial charge in [-0.3, -0.25) is 0 Å². The van der Waals surface area contributed by atoms with Gasteiger partial charge in [-0.15, -0.1) is 0 Å². The second-order valence-corrected chi connectivity index (χ2v) is 11.9. The number of hydrogen-bond acceptors (Lipinski definition) is 2. The maximum atomic E-state index is 15.6. The van der Waals surface area contributed by atoms with Gasteiger partial charge < -0.3 is 9.84 Å². The lowest BCUT2D eigenvalue weighted by atomic mass is 9.48. The summed E-state index contributed by atoms with van der Waals surface area (Å²) in [7, 11) is 0. The SMILES string of the molecule is CC12CCC(COC34CCC(C5CCC(O)CC5)(CC3)C(F)(F)C4(F)F)(CC1)CC2. The Morgan fingerprint density at radius 3 is 1.80 bits per heavy atom. The minimum Gasteiger partial charge on any atom is -0.393 e. The summed E-state index contributed by atoms with van der Waals surface area (Å²) >= 11 is 0. The van der Waals surface area contributed by atoms with Crippen LogP contribution in [-0.2, 0) is 4.74 Å². The number of halogens is 4. The topological polar surface area (TPSA) is 29.5 Å². The Bertz CT molecular complexity index is 650. The molecule has 172 valence electrons. The third kappa shape index (κ3) is 2.74. The van der Waals surface area contributed by atoms with E-state index in [9.17, 15) is 5.11 Å². The highest BCUT2D eigenvalue weighted by Gasteiger charge is 2.83. The Balaban J connectivity index is 1.36. The van der Waals surface area contributed by atoms with Crippen molar-refractivity contribution < 1.29 is 27.4 Å². The number of fused-ring (bicyclic) bond motifs is 6. The minimum atomic E-state index is -4.14. The molecule has 0 saturated heterocycles. The van der Waals surface area contributed by atoms with Crippen LogP contribution in [0.2, 0.25) is 0 Å². The molecule has 6 heteroatoms. The smallest absolute Gasteiger partial charge is 0.338 e. The van der Waals surface area contributed by atoms with E-state index in [1.54, 1.807) is 0 Å². The average Bonchev–Trinajstić information content (AvgIpc) is 2.73. The average molecular weight is 433 g/mol. The van der Waals surface area contributed by atoms with Crippen molar-refractivity contribution >= 4 is 0 Å². The van der Waals surface area contributed by atoms with E-state index in [0.717, 1.165) is 38.5 Å². The molecule has 7 fully saturated rings. The molecule has 0 atom stereocenters. The van der Waals surface area contributed by atoms with Gasteiger partial charge >= 0.3 is 11.8 Å². The van der Waals surface area contributed by atoms with Crippen molar-refractivity contribution in [3.8, 4) is 0 Å². The standard InChI is InChI=1S/C24H36F4O2/c1-19-6-9-20(10-7-19,11-8-19)16-30-22-14-12-21(13-15-22,23(25,26)24(22,27)28)17-2-4-18(29)5-3-17/h17-18,29H,2-16H2,1H3. The van der Waals surface area contributed by atoms with Gasteiger partial charge in [0.05, 0.1) is 12.7 Å². The molecule has 0 heterocycles. The molecule has 7 aliphatic carbocycles. The zero-order valence-electron chi connectivity index (χ0n) is 18.1. The van der Waals surface area contributed by atoms with Gasteiger partial charge in [-0.25, -0.2) is 0 Å². The van der Waals surface area contributed by atoms with E-state index in [1.807, 2.05) is 0 Å². The molecule has 4 bridgehead atoms. The fourth-order valence-corrected chi connectivity index (χ4v) is 7.81. The fraction of sp³-hybridized carbons (Fsp3) is 1.00. The molecule has 0 spiro atoms. The van der Waals surface area contributed by atoms with Crippen LogP contribution in [0, 0.1) is 22.2 Å². The van der Waals surface area contributed by atoms with Gasteiger partial charge in [0.15, 0.2) is 0 Å². The van der Waals surface area contributed by atoms with E-state index >= 15 is 17.6 Å². The molecule has 0 aliphatic heterocycles. The molecule has 7 saturated carbocycles. The van der Waals surface area contributed by atoms with Gasteiger partial charge in [-0.05, 0) is 107 Å². The van der Waals surface area contributed by atoms with Crippen LogP contribution in [0.4, 0.5) is 17.6 Å². The molecule has 0 aromatic carbocycles. The van der Waals surface area contributed by atoms with Crippen molar-refractivity contribution in [3.05, 3.63) is 0 Å². The van der Waals surface area contributed by atoms with Crippen LogP contribution in [0.5, 0.6) is 0 Å². The summed E-state index contributed by atoms with van der Waals surface area (Å²) < 4.78 is 68.2. The van der Waals surface area contributed by atoms with Crippen molar-refractivity contribution in [2.45, 2.75) is 120 Å². The Morgan fingerprint density at radius 1 is 0.733 bits per heavy atom. The summed E-state index contributed by atoms with van der Waals surface area (Å²) in [5, 5.41) is 9.77. The summed E-state index contributed by atoms with van der Waals surface area (Å²) in [5.41, 5.74) is -3.37. The molecule has 7 rings (SSSR count). The number of hydrogen-bond donors (Lipinski definition) is 1. The van der Waals surface area contributed by atoms with Gasteiger partial charge in [-0.1, -0.05) is 6.92 Å². The first-order chi connectivity index (χ1) is 14.0. The number of alkyl halides is 4. The van der Waals surface area contributed by atoms with Crippen LogP contribution in [-0.4, -0.2) is 35.3 Å². The molecule has 30 heavy (non-hydrogen) atoms. The molecule has 0 aromatic heterocycles. The lowest BCUT2D eigenvalue weighted by Gasteiger charge is -2.64. The van der Waals surface area contributed by atoms with E-state index in [1.165, 1.54) is 0 Å². The highest BCUT2D eigenvalue weighted by atomic mass is 19.3.